The summed E-state index contributed by atoms with van der Waals surface area (Å²) in [6, 6.07) is 4.82. The minimum absolute atomic E-state index is 0.127. The molecule has 0 aliphatic rings. The van der Waals surface area contributed by atoms with Gasteiger partial charge in [-0.05, 0) is 31.5 Å². The quantitative estimate of drug-likeness (QED) is 0.834. The summed E-state index contributed by atoms with van der Waals surface area (Å²) in [5.74, 6) is -0.127. The molecule has 1 aromatic carbocycles. The number of anilines is 2. The van der Waals surface area contributed by atoms with Gasteiger partial charge in [0.15, 0.2) is 5.13 Å². The van der Waals surface area contributed by atoms with E-state index >= 15 is 0 Å². The van der Waals surface area contributed by atoms with E-state index < -0.39 is 0 Å². The fraction of sp³-hybridized carbons (Fsp3) is 0.286. The number of thiazole rings is 1. The number of carbonyl (C=O) groups is 1. The predicted octanol–water partition coefficient (Wildman–Crippen LogP) is 4.59. The Kier molecular flexibility index (Phi) is 5.45. The van der Waals surface area contributed by atoms with Crippen molar-refractivity contribution in [1.29, 1.82) is 0 Å². The lowest BCUT2D eigenvalue weighted by Gasteiger charge is -2.17. The van der Waals surface area contributed by atoms with Crippen LogP contribution in [0, 0.1) is 6.92 Å². The fourth-order valence-corrected chi connectivity index (χ4v) is 2.73. The highest BCUT2D eigenvalue weighted by atomic mass is 35.5. The summed E-state index contributed by atoms with van der Waals surface area (Å²) in [6.07, 6.45) is 0.635. The van der Waals surface area contributed by atoms with E-state index in [9.17, 15) is 4.79 Å². The molecule has 4 nitrogen and oxygen atoms in total. The van der Waals surface area contributed by atoms with Crippen LogP contribution in [0.2, 0.25) is 10.0 Å². The Bertz CT molecular complexity index is 645. The summed E-state index contributed by atoms with van der Waals surface area (Å²) in [6.45, 7) is 3.82. The summed E-state index contributed by atoms with van der Waals surface area (Å²) < 4.78 is 0. The number of benzene rings is 1. The van der Waals surface area contributed by atoms with Crippen LogP contribution in [0.25, 0.3) is 0 Å². The van der Waals surface area contributed by atoms with E-state index in [0.717, 1.165) is 11.4 Å². The van der Waals surface area contributed by atoms with Crippen LogP contribution in [-0.4, -0.2) is 16.9 Å². The van der Waals surface area contributed by atoms with Gasteiger partial charge in [0.2, 0.25) is 5.91 Å². The van der Waals surface area contributed by atoms with E-state index in [2.05, 4.69) is 15.6 Å². The lowest BCUT2D eigenvalue weighted by atomic mass is 10.2. The van der Waals surface area contributed by atoms with Crippen molar-refractivity contribution in [2.45, 2.75) is 26.3 Å². The molecule has 7 heteroatoms. The maximum Gasteiger partial charge on any atom is 0.248 e. The van der Waals surface area contributed by atoms with Crippen LogP contribution in [0.1, 0.15) is 19.0 Å². The largest absolute Gasteiger partial charge is 0.374 e. The van der Waals surface area contributed by atoms with Crippen molar-refractivity contribution in [3.8, 4) is 0 Å². The van der Waals surface area contributed by atoms with E-state index in [0.29, 0.717) is 21.6 Å². The maximum atomic E-state index is 12.2. The molecule has 0 aliphatic heterocycles. The molecule has 1 aromatic heterocycles. The van der Waals surface area contributed by atoms with Crippen molar-refractivity contribution in [3.63, 3.8) is 0 Å². The zero-order valence-electron chi connectivity index (χ0n) is 11.6. The molecule has 1 heterocycles. The first-order valence-corrected chi connectivity index (χ1v) is 8.07. The number of nitrogens with one attached hydrogen (secondary N) is 2. The van der Waals surface area contributed by atoms with Gasteiger partial charge in [0, 0.05) is 11.1 Å². The molecule has 0 saturated heterocycles. The summed E-state index contributed by atoms with van der Waals surface area (Å²) in [7, 11) is 0. The van der Waals surface area contributed by atoms with E-state index in [-0.39, 0.29) is 11.9 Å². The van der Waals surface area contributed by atoms with Crippen LogP contribution in [0.5, 0.6) is 0 Å². The van der Waals surface area contributed by atoms with Gasteiger partial charge in [-0.1, -0.05) is 30.1 Å². The average molecular weight is 344 g/mol. The Labute approximate surface area is 137 Å². The molecule has 2 N–H and O–H groups in total. The van der Waals surface area contributed by atoms with Crippen LogP contribution in [0.15, 0.2) is 23.6 Å². The van der Waals surface area contributed by atoms with Gasteiger partial charge in [-0.3, -0.25) is 4.79 Å². The number of hydrogen-bond acceptors (Lipinski definition) is 4. The van der Waals surface area contributed by atoms with Gasteiger partial charge in [0.1, 0.15) is 6.04 Å². The molecule has 112 valence electrons. The first kappa shape index (κ1) is 16.1. The third kappa shape index (κ3) is 4.33. The predicted molar refractivity (Wildman–Crippen MR) is 89.6 cm³/mol. The minimum Gasteiger partial charge on any atom is -0.374 e. The number of rotatable bonds is 5. The van der Waals surface area contributed by atoms with Crippen molar-refractivity contribution < 1.29 is 4.79 Å². The Hall–Kier alpha value is -1.30. The summed E-state index contributed by atoms with van der Waals surface area (Å²) in [5.41, 5.74) is 1.64. The van der Waals surface area contributed by atoms with E-state index in [1.807, 2.05) is 19.2 Å². The molecule has 1 amide bonds. The number of nitrogens with zero attached hydrogens (tertiary/aromatic N) is 1. The molecule has 2 aromatic rings. The van der Waals surface area contributed by atoms with Gasteiger partial charge >= 0.3 is 0 Å². The first-order chi connectivity index (χ1) is 9.99. The van der Waals surface area contributed by atoms with Gasteiger partial charge in [0.05, 0.1) is 15.7 Å². The molecule has 0 saturated carbocycles. The Morgan fingerprint density at radius 3 is 2.71 bits per heavy atom. The highest BCUT2D eigenvalue weighted by molar-refractivity contribution is 7.13. The van der Waals surface area contributed by atoms with Gasteiger partial charge in [0.25, 0.3) is 0 Å². The lowest BCUT2D eigenvalue weighted by molar-refractivity contribution is -0.116. The second kappa shape index (κ2) is 7.11. The fourth-order valence-electron chi connectivity index (χ4n) is 1.74. The molecule has 1 atom stereocenters. The molecular weight excluding hydrogens is 329 g/mol. The highest BCUT2D eigenvalue weighted by Gasteiger charge is 2.17. The number of amides is 1. The maximum absolute atomic E-state index is 12.2. The number of aromatic nitrogens is 1. The molecule has 0 bridgehead atoms. The summed E-state index contributed by atoms with van der Waals surface area (Å²) >= 11 is 13.3. The van der Waals surface area contributed by atoms with Crippen LogP contribution < -0.4 is 10.6 Å². The van der Waals surface area contributed by atoms with E-state index in [1.165, 1.54) is 11.3 Å². The molecule has 2 rings (SSSR count). The summed E-state index contributed by atoms with van der Waals surface area (Å²) in [4.78, 5) is 16.5. The lowest BCUT2D eigenvalue weighted by Crippen LogP contribution is -2.34. The van der Waals surface area contributed by atoms with Gasteiger partial charge < -0.3 is 10.6 Å². The molecule has 0 aliphatic carbocycles. The van der Waals surface area contributed by atoms with Crippen molar-refractivity contribution in [1.82, 2.24) is 4.98 Å². The topological polar surface area (TPSA) is 54.0 Å². The zero-order chi connectivity index (χ0) is 15.4. The van der Waals surface area contributed by atoms with Crippen molar-refractivity contribution in [2.75, 3.05) is 10.6 Å². The normalized spacial score (nSPS) is 12.0. The van der Waals surface area contributed by atoms with Gasteiger partial charge in [-0.2, -0.15) is 0 Å². The highest BCUT2D eigenvalue weighted by Crippen LogP contribution is 2.25. The minimum atomic E-state index is -0.369. The van der Waals surface area contributed by atoms with Crippen molar-refractivity contribution >= 4 is 51.3 Å². The Morgan fingerprint density at radius 2 is 2.14 bits per heavy atom. The van der Waals surface area contributed by atoms with Gasteiger partial charge in [-0.15, -0.1) is 11.3 Å². The molecule has 0 unspecified atom stereocenters. The van der Waals surface area contributed by atoms with Crippen LogP contribution >= 0.6 is 34.5 Å². The SMILES string of the molecule is CC[C@H](Nc1ccc(Cl)c(Cl)c1)C(=O)Nc1nc(C)cs1. The second-order valence-corrected chi connectivity index (χ2v) is 6.19. The smallest absolute Gasteiger partial charge is 0.248 e. The molecule has 0 spiro atoms. The Morgan fingerprint density at radius 1 is 1.38 bits per heavy atom. The monoisotopic (exact) mass is 343 g/mol. The zero-order valence-corrected chi connectivity index (χ0v) is 13.9. The average Bonchev–Trinajstić information content (AvgIpc) is 2.85. The molecule has 0 radical (unpaired) electrons. The first-order valence-electron chi connectivity index (χ1n) is 6.44. The van der Waals surface area contributed by atoms with Crippen LogP contribution in [0.3, 0.4) is 0 Å². The third-order valence-electron chi connectivity index (χ3n) is 2.83. The van der Waals surface area contributed by atoms with E-state index in [4.69, 9.17) is 23.2 Å². The standard InChI is InChI=1S/C14H15Cl2N3OS/c1-3-12(13(20)19-14-17-8(2)7-21-14)18-9-4-5-10(15)11(16)6-9/h4-7,12,18H,3H2,1-2H3,(H,17,19,20)/t12-/m0/s1. The molecule has 21 heavy (non-hydrogen) atoms. The van der Waals surface area contributed by atoms with Crippen LogP contribution in [0.4, 0.5) is 10.8 Å². The van der Waals surface area contributed by atoms with E-state index in [1.54, 1.807) is 18.2 Å². The summed E-state index contributed by atoms with van der Waals surface area (Å²) in [5, 5.41) is 9.38. The molecular formula is C14H15Cl2N3OS. The molecule has 0 fully saturated rings. The third-order valence-corrected chi connectivity index (χ3v) is 4.45. The number of aryl methyl sites for hydroxylation is 1. The van der Waals surface area contributed by atoms with Crippen LogP contribution in [-0.2, 0) is 4.79 Å². The number of hydrogen-bond donors (Lipinski definition) is 2. The number of carbonyl (C=O) groups excluding carboxylic acids is 1. The number of halogens is 2. The van der Waals surface area contributed by atoms with Crippen molar-refractivity contribution in [3.05, 3.63) is 39.3 Å². The Balaban J connectivity index is 2.04. The van der Waals surface area contributed by atoms with Crippen molar-refractivity contribution in [2.24, 2.45) is 0 Å². The second-order valence-electron chi connectivity index (χ2n) is 4.52. The van der Waals surface area contributed by atoms with Gasteiger partial charge in [-0.25, -0.2) is 4.98 Å².